The molecule has 1 amide bonds. The Kier molecular flexibility index (Phi) is 7.00. The number of aryl methyl sites for hydroxylation is 2. The van der Waals surface area contributed by atoms with E-state index in [0.717, 1.165) is 27.7 Å². The van der Waals surface area contributed by atoms with Crippen molar-refractivity contribution in [2.45, 2.75) is 51.7 Å². The average Bonchev–Trinajstić information content (AvgIpc) is 2.59. The number of benzene rings is 1. The van der Waals surface area contributed by atoms with Crippen LogP contribution in [0, 0.1) is 19.8 Å². The van der Waals surface area contributed by atoms with E-state index in [2.05, 4.69) is 41.3 Å². The first-order valence-corrected chi connectivity index (χ1v) is 9.87. The average molecular weight is 358 g/mol. The van der Waals surface area contributed by atoms with Gasteiger partial charge in [-0.05, 0) is 43.6 Å². The van der Waals surface area contributed by atoms with E-state index in [1.165, 1.54) is 11.8 Å². The van der Waals surface area contributed by atoms with Gasteiger partial charge in [-0.1, -0.05) is 55.9 Å². The second kappa shape index (κ2) is 8.99. The molecule has 25 heavy (non-hydrogen) atoms. The molecule has 1 aromatic carbocycles. The molecule has 1 aromatic heterocycles. The number of rotatable bonds is 7. The highest BCUT2D eigenvalue weighted by molar-refractivity contribution is 7.98. The molecule has 0 unspecified atom stereocenters. The Labute approximate surface area is 154 Å². The summed E-state index contributed by atoms with van der Waals surface area (Å²) in [5.74, 6) is 0.398. The minimum absolute atomic E-state index is 0.0333. The molecule has 0 aliphatic rings. The Morgan fingerprint density at radius 2 is 1.72 bits per heavy atom. The molecule has 1 heterocycles. The van der Waals surface area contributed by atoms with Gasteiger partial charge >= 0.3 is 0 Å². The van der Waals surface area contributed by atoms with Crippen LogP contribution >= 0.6 is 11.8 Å². The molecule has 2 rings (SSSR count). The van der Waals surface area contributed by atoms with Gasteiger partial charge in [0.2, 0.25) is 5.91 Å². The Hall–Kier alpha value is -1.88. The fourth-order valence-corrected chi connectivity index (χ4v) is 3.40. The second-order valence-electron chi connectivity index (χ2n) is 6.56. The van der Waals surface area contributed by atoms with Crippen molar-refractivity contribution in [3.05, 3.63) is 52.8 Å². The van der Waals surface area contributed by atoms with Gasteiger partial charge in [-0.25, -0.2) is 9.97 Å². The largest absolute Gasteiger partial charge is 0.349 e. The number of hydrogen-bond donors (Lipinski definition) is 1. The molecule has 0 fully saturated rings. The van der Waals surface area contributed by atoms with Crippen LogP contribution in [0.5, 0.6) is 0 Å². The third-order valence-electron chi connectivity index (χ3n) is 4.33. The summed E-state index contributed by atoms with van der Waals surface area (Å²) in [5.41, 5.74) is 4.15. The van der Waals surface area contributed by atoms with Crippen LogP contribution in [0.15, 0.2) is 35.5 Å². The quantitative estimate of drug-likeness (QED) is 0.594. The first-order valence-electron chi connectivity index (χ1n) is 8.64. The van der Waals surface area contributed by atoms with Crippen molar-refractivity contribution in [2.75, 3.05) is 6.26 Å². The first-order chi connectivity index (χ1) is 11.9. The highest BCUT2D eigenvalue weighted by atomic mass is 32.2. The van der Waals surface area contributed by atoms with Crippen molar-refractivity contribution in [3.63, 3.8) is 0 Å². The van der Waals surface area contributed by atoms with Gasteiger partial charge in [-0.3, -0.25) is 4.79 Å². The molecule has 0 radical (unpaired) electrons. The lowest BCUT2D eigenvalue weighted by atomic mass is 9.95. The van der Waals surface area contributed by atoms with Gasteiger partial charge in [0, 0.05) is 17.8 Å². The van der Waals surface area contributed by atoms with Crippen molar-refractivity contribution >= 4 is 17.7 Å². The molecule has 2 aromatic rings. The lowest BCUT2D eigenvalue weighted by molar-refractivity contribution is -0.122. The number of aromatic nitrogens is 2. The van der Waals surface area contributed by atoms with E-state index in [9.17, 15) is 4.79 Å². The molecule has 5 heteroatoms. The minimum atomic E-state index is 0.0333. The number of nitrogens with zero attached hydrogens (tertiary/aromatic N) is 2. The molecule has 0 saturated carbocycles. The minimum Gasteiger partial charge on any atom is -0.349 e. The third kappa shape index (κ3) is 5.30. The summed E-state index contributed by atoms with van der Waals surface area (Å²) in [6, 6.07) is 10.2. The van der Waals surface area contributed by atoms with E-state index < -0.39 is 0 Å². The SMILES string of the molecule is CSc1nc(C)c(CCC(=O)N[C@H](c2ccccc2)C(C)C)c(C)n1. The standard InChI is InChI=1S/C20H27N3OS/c1-13(2)19(16-9-7-6-8-10-16)23-18(24)12-11-17-14(3)21-20(25-5)22-15(17)4/h6-10,13,19H,11-12H2,1-5H3,(H,23,24)/t19-/m0/s1. The summed E-state index contributed by atoms with van der Waals surface area (Å²) in [6.07, 6.45) is 3.08. The lowest BCUT2D eigenvalue weighted by Gasteiger charge is -2.23. The number of carbonyl (C=O) groups excluding carboxylic acids is 1. The number of carbonyl (C=O) groups is 1. The fourth-order valence-electron chi connectivity index (χ4n) is 2.94. The molecule has 1 N–H and O–H groups in total. The van der Waals surface area contributed by atoms with Gasteiger partial charge in [0.25, 0.3) is 0 Å². The van der Waals surface area contributed by atoms with Gasteiger partial charge in [-0.2, -0.15) is 0 Å². The van der Waals surface area contributed by atoms with Crippen LogP contribution in [0.2, 0.25) is 0 Å². The molecule has 4 nitrogen and oxygen atoms in total. The first kappa shape index (κ1) is 19.4. The molecule has 0 aliphatic carbocycles. The van der Waals surface area contributed by atoms with Crippen LogP contribution in [0.1, 0.15) is 48.8 Å². The lowest BCUT2D eigenvalue weighted by Crippen LogP contribution is -2.32. The summed E-state index contributed by atoms with van der Waals surface area (Å²) < 4.78 is 0. The molecule has 0 bridgehead atoms. The van der Waals surface area contributed by atoms with Gasteiger partial charge in [0.05, 0.1) is 6.04 Å². The maximum Gasteiger partial charge on any atom is 0.220 e. The highest BCUT2D eigenvalue weighted by Gasteiger charge is 2.18. The van der Waals surface area contributed by atoms with Crippen LogP contribution in [0.3, 0.4) is 0 Å². The summed E-state index contributed by atoms with van der Waals surface area (Å²) in [7, 11) is 0. The van der Waals surface area contributed by atoms with Crippen molar-refractivity contribution < 1.29 is 4.79 Å². The zero-order valence-electron chi connectivity index (χ0n) is 15.7. The number of amides is 1. The number of nitrogens with one attached hydrogen (secondary N) is 1. The summed E-state index contributed by atoms with van der Waals surface area (Å²) in [6.45, 7) is 8.23. The summed E-state index contributed by atoms with van der Waals surface area (Å²) in [5, 5.41) is 3.97. The van der Waals surface area contributed by atoms with E-state index in [1.807, 2.05) is 38.3 Å². The maximum absolute atomic E-state index is 12.5. The molecule has 134 valence electrons. The van der Waals surface area contributed by atoms with Crippen molar-refractivity contribution in [3.8, 4) is 0 Å². The molecule has 0 saturated heterocycles. The van der Waals surface area contributed by atoms with Gasteiger partial charge in [0.15, 0.2) is 5.16 Å². The molecule has 0 spiro atoms. The predicted octanol–water partition coefficient (Wildman–Crippen LogP) is 4.26. The Balaban J connectivity index is 2.03. The third-order valence-corrected chi connectivity index (χ3v) is 4.87. The Morgan fingerprint density at radius 3 is 2.24 bits per heavy atom. The van der Waals surface area contributed by atoms with E-state index in [0.29, 0.717) is 18.8 Å². The van der Waals surface area contributed by atoms with E-state index in [-0.39, 0.29) is 11.9 Å². The summed E-state index contributed by atoms with van der Waals surface area (Å²) >= 11 is 1.54. The van der Waals surface area contributed by atoms with Crippen molar-refractivity contribution in [1.29, 1.82) is 0 Å². The van der Waals surface area contributed by atoms with E-state index in [4.69, 9.17) is 0 Å². The molecular weight excluding hydrogens is 330 g/mol. The molecular formula is C20H27N3OS. The van der Waals surface area contributed by atoms with Gasteiger partial charge < -0.3 is 5.32 Å². The van der Waals surface area contributed by atoms with Gasteiger partial charge in [-0.15, -0.1) is 0 Å². The van der Waals surface area contributed by atoms with Crippen LogP contribution in [0.4, 0.5) is 0 Å². The number of hydrogen-bond acceptors (Lipinski definition) is 4. The monoisotopic (exact) mass is 357 g/mol. The van der Waals surface area contributed by atoms with Crippen LogP contribution < -0.4 is 5.32 Å². The van der Waals surface area contributed by atoms with Gasteiger partial charge in [0.1, 0.15) is 0 Å². The topological polar surface area (TPSA) is 54.9 Å². The maximum atomic E-state index is 12.5. The van der Waals surface area contributed by atoms with Crippen LogP contribution in [-0.4, -0.2) is 22.1 Å². The van der Waals surface area contributed by atoms with E-state index in [1.54, 1.807) is 0 Å². The Bertz CT molecular complexity index is 693. The summed E-state index contributed by atoms with van der Waals surface area (Å²) in [4.78, 5) is 21.5. The van der Waals surface area contributed by atoms with Crippen LogP contribution in [-0.2, 0) is 11.2 Å². The van der Waals surface area contributed by atoms with Crippen molar-refractivity contribution in [2.24, 2.45) is 5.92 Å². The zero-order valence-corrected chi connectivity index (χ0v) is 16.5. The van der Waals surface area contributed by atoms with Crippen LogP contribution in [0.25, 0.3) is 0 Å². The smallest absolute Gasteiger partial charge is 0.220 e. The predicted molar refractivity (Wildman–Crippen MR) is 104 cm³/mol. The number of thioether (sulfide) groups is 1. The highest BCUT2D eigenvalue weighted by Crippen LogP contribution is 2.22. The van der Waals surface area contributed by atoms with Crippen molar-refractivity contribution in [1.82, 2.24) is 15.3 Å². The van der Waals surface area contributed by atoms with E-state index >= 15 is 0 Å². The second-order valence-corrected chi connectivity index (χ2v) is 7.33. The molecule has 1 atom stereocenters. The Morgan fingerprint density at radius 1 is 1.12 bits per heavy atom. The fraction of sp³-hybridized carbons (Fsp3) is 0.450. The molecule has 0 aliphatic heterocycles. The normalized spacial score (nSPS) is 12.2. The zero-order chi connectivity index (χ0) is 18.4.